The van der Waals surface area contributed by atoms with Crippen LogP contribution in [0.4, 0.5) is 0 Å². The SMILES string of the molecule is c1coc(-c2nc(Cn3ccnc3)no2)c1. The molecule has 0 spiro atoms. The minimum atomic E-state index is 0.389. The highest BCUT2D eigenvalue weighted by Gasteiger charge is 2.10. The van der Waals surface area contributed by atoms with E-state index in [0.717, 1.165) is 0 Å². The molecule has 0 saturated heterocycles. The fourth-order valence-corrected chi connectivity index (χ4v) is 1.36. The molecule has 0 aliphatic heterocycles. The van der Waals surface area contributed by atoms with Crippen LogP contribution in [0.2, 0.25) is 0 Å². The van der Waals surface area contributed by atoms with Gasteiger partial charge in [0.05, 0.1) is 19.1 Å². The molecule has 0 saturated carbocycles. The highest BCUT2D eigenvalue weighted by Crippen LogP contribution is 2.17. The first-order chi connectivity index (χ1) is 7.92. The summed E-state index contributed by atoms with van der Waals surface area (Å²) in [4.78, 5) is 8.14. The van der Waals surface area contributed by atoms with E-state index in [9.17, 15) is 0 Å². The molecule has 0 aliphatic rings. The number of aromatic nitrogens is 4. The number of nitrogens with zero attached hydrogens (tertiary/aromatic N) is 4. The molecule has 0 unspecified atom stereocenters. The van der Waals surface area contributed by atoms with Gasteiger partial charge in [0, 0.05) is 12.4 Å². The Kier molecular flexibility index (Phi) is 2.03. The first-order valence-corrected chi connectivity index (χ1v) is 4.74. The fraction of sp³-hybridized carbons (Fsp3) is 0.100. The van der Waals surface area contributed by atoms with E-state index in [1.807, 2.05) is 10.8 Å². The zero-order chi connectivity index (χ0) is 10.8. The largest absolute Gasteiger partial charge is 0.459 e. The molecule has 0 fully saturated rings. The fourth-order valence-electron chi connectivity index (χ4n) is 1.36. The van der Waals surface area contributed by atoms with Crippen LogP contribution in [0.5, 0.6) is 0 Å². The lowest BCUT2D eigenvalue weighted by Crippen LogP contribution is -1.98. The lowest BCUT2D eigenvalue weighted by molar-refractivity contribution is 0.407. The molecule has 0 radical (unpaired) electrons. The molecule has 6 nitrogen and oxygen atoms in total. The minimum Gasteiger partial charge on any atom is -0.459 e. The predicted molar refractivity (Wildman–Crippen MR) is 53.3 cm³/mol. The van der Waals surface area contributed by atoms with Gasteiger partial charge in [-0.15, -0.1) is 0 Å². The maximum Gasteiger partial charge on any atom is 0.293 e. The molecule has 0 N–H and O–H groups in total. The normalized spacial score (nSPS) is 10.8. The summed E-state index contributed by atoms with van der Waals surface area (Å²) in [6.07, 6.45) is 6.80. The molecule has 0 aliphatic carbocycles. The van der Waals surface area contributed by atoms with E-state index >= 15 is 0 Å². The quantitative estimate of drug-likeness (QED) is 0.664. The van der Waals surface area contributed by atoms with Crippen LogP contribution < -0.4 is 0 Å². The summed E-state index contributed by atoms with van der Waals surface area (Å²) < 4.78 is 12.1. The minimum absolute atomic E-state index is 0.389. The average Bonchev–Trinajstić information content (AvgIpc) is 2.99. The lowest BCUT2D eigenvalue weighted by atomic mass is 10.4. The Hall–Kier alpha value is -2.37. The molecule has 3 aromatic heterocycles. The Morgan fingerprint density at radius 2 is 2.38 bits per heavy atom. The lowest BCUT2D eigenvalue weighted by Gasteiger charge is -1.93. The Morgan fingerprint density at radius 3 is 3.12 bits per heavy atom. The van der Waals surface area contributed by atoms with Crippen LogP contribution in [-0.4, -0.2) is 19.7 Å². The van der Waals surface area contributed by atoms with Gasteiger partial charge in [0.2, 0.25) is 0 Å². The monoisotopic (exact) mass is 216 g/mol. The highest BCUT2D eigenvalue weighted by molar-refractivity contribution is 5.42. The zero-order valence-electron chi connectivity index (χ0n) is 8.28. The molecule has 80 valence electrons. The van der Waals surface area contributed by atoms with Crippen molar-refractivity contribution < 1.29 is 8.94 Å². The van der Waals surface area contributed by atoms with Gasteiger partial charge < -0.3 is 13.5 Å². The van der Waals surface area contributed by atoms with Gasteiger partial charge in [-0.05, 0) is 12.1 Å². The molecule has 6 heteroatoms. The molecule has 3 aromatic rings. The predicted octanol–water partition coefficient (Wildman–Crippen LogP) is 1.57. The van der Waals surface area contributed by atoms with Gasteiger partial charge in [0.25, 0.3) is 5.89 Å². The van der Waals surface area contributed by atoms with Gasteiger partial charge in [0.1, 0.15) is 0 Å². The third-order valence-electron chi connectivity index (χ3n) is 2.08. The second kappa shape index (κ2) is 3.65. The number of rotatable bonds is 3. The van der Waals surface area contributed by atoms with E-state index in [2.05, 4.69) is 15.1 Å². The number of hydrogen-bond acceptors (Lipinski definition) is 5. The molecule has 16 heavy (non-hydrogen) atoms. The standard InChI is InChI=1S/C10H8N4O2/c1-2-8(15-5-1)10-12-9(13-16-10)6-14-4-3-11-7-14/h1-5,7H,6H2. The van der Waals surface area contributed by atoms with Crippen molar-refractivity contribution in [1.82, 2.24) is 19.7 Å². The van der Waals surface area contributed by atoms with Crippen molar-refractivity contribution in [2.75, 3.05) is 0 Å². The summed E-state index contributed by atoms with van der Waals surface area (Å²) in [5.41, 5.74) is 0. The van der Waals surface area contributed by atoms with Crippen LogP contribution in [0.1, 0.15) is 5.82 Å². The van der Waals surface area contributed by atoms with Crippen molar-refractivity contribution in [3.63, 3.8) is 0 Å². The summed E-state index contributed by atoms with van der Waals surface area (Å²) in [7, 11) is 0. The van der Waals surface area contributed by atoms with Gasteiger partial charge in [0.15, 0.2) is 11.6 Å². The van der Waals surface area contributed by atoms with E-state index in [0.29, 0.717) is 24.0 Å². The molecule has 3 heterocycles. The summed E-state index contributed by atoms with van der Waals surface area (Å²) in [5.74, 6) is 1.55. The Bertz CT molecular complexity index is 553. The van der Waals surface area contributed by atoms with E-state index in [1.54, 1.807) is 30.9 Å². The second-order valence-corrected chi connectivity index (χ2v) is 3.23. The average molecular weight is 216 g/mol. The Balaban J connectivity index is 1.83. The van der Waals surface area contributed by atoms with Crippen molar-refractivity contribution >= 4 is 0 Å². The molecule has 0 aromatic carbocycles. The van der Waals surface area contributed by atoms with Crippen LogP contribution in [-0.2, 0) is 6.54 Å². The molecular weight excluding hydrogens is 208 g/mol. The zero-order valence-corrected chi connectivity index (χ0v) is 8.28. The topological polar surface area (TPSA) is 69.9 Å². The van der Waals surface area contributed by atoms with Gasteiger partial charge in [-0.1, -0.05) is 5.16 Å². The van der Waals surface area contributed by atoms with E-state index < -0.39 is 0 Å². The van der Waals surface area contributed by atoms with E-state index in [1.165, 1.54) is 0 Å². The first kappa shape index (κ1) is 8.90. The highest BCUT2D eigenvalue weighted by atomic mass is 16.5. The van der Waals surface area contributed by atoms with Crippen LogP contribution in [0.15, 0.2) is 46.1 Å². The van der Waals surface area contributed by atoms with Crippen molar-refractivity contribution in [3.8, 4) is 11.7 Å². The van der Waals surface area contributed by atoms with Crippen molar-refractivity contribution in [2.24, 2.45) is 0 Å². The summed E-state index contributed by atoms with van der Waals surface area (Å²) in [6, 6.07) is 3.55. The summed E-state index contributed by atoms with van der Waals surface area (Å²) in [6.45, 7) is 0.532. The number of furan rings is 1. The van der Waals surface area contributed by atoms with Gasteiger partial charge in [-0.25, -0.2) is 4.98 Å². The van der Waals surface area contributed by atoms with E-state index in [-0.39, 0.29) is 0 Å². The maximum atomic E-state index is 5.15. The Labute approximate surface area is 90.5 Å². The second-order valence-electron chi connectivity index (χ2n) is 3.23. The van der Waals surface area contributed by atoms with Crippen molar-refractivity contribution in [3.05, 3.63) is 42.9 Å². The number of hydrogen-bond donors (Lipinski definition) is 0. The first-order valence-electron chi connectivity index (χ1n) is 4.74. The maximum absolute atomic E-state index is 5.15. The third-order valence-corrected chi connectivity index (χ3v) is 2.08. The van der Waals surface area contributed by atoms with Crippen LogP contribution in [0.3, 0.4) is 0 Å². The van der Waals surface area contributed by atoms with Crippen molar-refractivity contribution in [1.29, 1.82) is 0 Å². The molecule has 0 atom stereocenters. The van der Waals surface area contributed by atoms with Gasteiger partial charge >= 0.3 is 0 Å². The van der Waals surface area contributed by atoms with Crippen LogP contribution >= 0.6 is 0 Å². The third kappa shape index (κ3) is 1.60. The summed E-state index contributed by atoms with van der Waals surface area (Å²) >= 11 is 0. The van der Waals surface area contributed by atoms with Crippen LogP contribution in [0.25, 0.3) is 11.7 Å². The molecule has 0 amide bonds. The van der Waals surface area contributed by atoms with E-state index in [4.69, 9.17) is 8.94 Å². The molecular formula is C10H8N4O2. The van der Waals surface area contributed by atoms with Gasteiger partial charge in [-0.2, -0.15) is 4.98 Å². The molecule has 0 bridgehead atoms. The smallest absolute Gasteiger partial charge is 0.293 e. The van der Waals surface area contributed by atoms with Gasteiger partial charge in [-0.3, -0.25) is 0 Å². The summed E-state index contributed by atoms with van der Waals surface area (Å²) in [5, 5.41) is 3.85. The van der Waals surface area contributed by atoms with Crippen molar-refractivity contribution in [2.45, 2.75) is 6.54 Å². The Morgan fingerprint density at radius 1 is 1.38 bits per heavy atom. The number of imidazole rings is 1. The van der Waals surface area contributed by atoms with Crippen LogP contribution in [0, 0.1) is 0 Å². The molecule has 3 rings (SSSR count).